The average molecular weight is 178 g/mol. The van der Waals surface area contributed by atoms with Gasteiger partial charge in [-0.2, -0.15) is 0 Å². The molecule has 0 saturated heterocycles. The first-order chi connectivity index (χ1) is 6.18. The summed E-state index contributed by atoms with van der Waals surface area (Å²) in [7, 11) is 0. The molecule has 1 N–H and O–H groups in total. The molecule has 2 atom stereocenters. The lowest BCUT2D eigenvalue weighted by Crippen LogP contribution is -2.44. The van der Waals surface area contributed by atoms with Crippen LogP contribution >= 0.6 is 0 Å². The number of rotatable bonds is 1. The lowest BCUT2D eigenvalue weighted by Gasteiger charge is -2.49. The highest BCUT2D eigenvalue weighted by Crippen LogP contribution is 2.56. The summed E-state index contributed by atoms with van der Waals surface area (Å²) in [5, 5.41) is 9.23. The minimum absolute atomic E-state index is 0.445. The zero-order valence-corrected chi connectivity index (χ0v) is 7.62. The van der Waals surface area contributed by atoms with Crippen LogP contribution in [0.2, 0.25) is 0 Å². The summed E-state index contributed by atoms with van der Waals surface area (Å²) in [6.45, 7) is 0. The number of aliphatic carboxylic acids is 1. The third kappa shape index (κ3) is 0.917. The maximum Gasteiger partial charge on any atom is 0.313 e. The maximum atomic E-state index is 11.2. The van der Waals surface area contributed by atoms with E-state index in [0.717, 1.165) is 12.8 Å². The van der Waals surface area contributed by atoms with E-state index in [-0.39, 0.29) is 0 Å². The van der Waals surface area contributed by atoms with E-state index >= 15 is 0 Å². The second kappa shape index (κ2) is 2.17. The van der Waals surface area contributed by atoms with Gasteiger partial charge in [-0.1, -0.05) is 11.6 Å². The smallest absolute Gasteiger partial charge is 0.313 e. The van der Waals surface area contributed by atoms with Crippen molar-refractivity contribution in [3.05, 3.63) is 11.6 Å². The van der Waals surface area contributed by atoms with Crippen LogP contribution in [0.1, 0.15) is 32.1 Å². The average Bonchev–Trinajstić information content (AvgIpc) is 2.00. The van der Waals surface area contributed by atoms with Crippen LogP contribution in [0.3, 0.4) is 0 Å². The highest BCUT2D eigenvalue weighted by atomic mass is 16.4. The van der Waals surface area contributed by atoms with Gasteiger partial charge in [-0.25, -0.2) is 0 Å². The van der Waals surface area contributed by atoms with Crippen LogP contribution in [0.5, 0.6) is 0 Å². The molecule has 2 unspecified atom stereocenters. The molecule has 13 heavy (non-hydrogen) atoms. The third-order valence-corrected chi connectivity index (χ3v) is 3.98. The molecule has 2 nitrogen and oxygen atoms in total. The minimum atomic E-state index is -0.584. The number of carboxylic acid groups (broad SMARTS) is 1. The van der Waals surface area contributed by atoms with Crippen molar-refractivity contribution in [2.75, 3.05) is 0 Å². The van der Waals surface area contributed by atoms with Gasteiger partial charge >= 0.3 is 5.97 Å². The van der Waals surface area contributed by atoms with E-state index in [9.17, 15) is 9.90 Å². The first-order valence-electron chi connectivity index (χ1n) is 5.12. The van der Waals surface area contributed by atoms with E-state index < -0.39 is 11.4 Å². The van der Waals surface area contributed by atoms with Crippen molar-refractivity contribution in [3.63, 3.8) is 0 Å². The molecule has 4 rings (SSSR count). The summed E-state index contributed by atoms with van der Waals surface area (Å²) in [6.07, 6.45) is 7.54. The van der Waals surface area contributed by atoms with Gasteiger partial charge in [0, 0.05) is 0 Å². The lowest BCUT2D eigenvalue weighted by molar-refractivity contribution is -0.151. The molecule has 0 aromatic carbocycles. The molecule has 70 valence electrons. The fourth-order valence-corrected chi connectivity index (χ4v) is 3.75. The molecule has 0 heterocycles. The highest BCUT2D eigenvalue weighted by molar-refractivity contribution is 5.78. The zero-order valence-electron chi connectivity index (χ0n) is 7.62. The van der Waals surface area contributed by atoms with Gasteiger partial charge in [0.25, 0.3) is 0 Å². The van der Waals surface area contributed by atoms with Gasteiger partial charge in [-0.3, -0.25) is 4.79 Å². The Morgan fingerprint density at radius 3 is 2.46 bits per heavy atom. The third-order valence-electron chi connectivity index (χ3n) is 3.98. The summed E-state index contributed by atoms with van der Waals surface area (Å²) in [5.41, 5.74) is 0.987. The van der Waals surface area contributed by atoms with Gasteiger partial charge in [0.1, 0.15) is 0 Å². The van der Waals surface area contributed by atoms with Gasteiger partial charge in [0.05, 0.1) is 5.41 Å². The van der Waals surface area contributed by atoms with Crippen LogP contribution in [-0.2, 0) is 4.79 Å². The van der Waals surface area contributed by atoms with Crippen LogP contribution in [0.4, 0.5) is 0 Å². The summed E-state index contributed by atoms with van der Waals surface area (Å²) >= 11 is 0. The molecule has 2 fully saturated rings. The van der Waals surface area contributed by atoms with Gasteiger partial charge in [-0.05, 0) is 43.9 Å². The van der Waals surface area contributed by atoms with E-state index in [1.165, 1.54) is 24.8 Å². The largest absolute Gasteiger partial charge is 0.481 e. The van der Waals surface area contributed by atoms with Crippen molar-refractivity contribution in [1.82, 2.24) is 0 Å². The van der Waals surface area contributed by atoms with Gasteiger partial charge < -0.3 is 5.11 Å². The Bertz CT molecular complexity index is 287. The quantitative estimate of drug-likeness (QED) is 0.625. The van der Waals surface area contributed by atoms with Crippen molar-refractivity contribution in [2.45, 2.75) is 32.1 Å². The van der Waals surface area contributed by atoms with E-state index in [0.29, 0.717) is 11.8 Å². The Morgan fingerprint density at radius 1 is 1.38 bits per heavy atom. The van der Waals surface area contributed by atoms with E-state index in [2.05, 4.69) is 6.08 Å². The molecule has 0 aromatic rings. The predicted molar refractivity (Wildman–Crippen MR) is 48.2 cm³/mol. The molecule has 0 amide bonds. The Labute approximate surface area is 77.6 Å². The molecule has 0 aliphatic heterocycles. The molecule has 2 saturated carbocycles. The standard InChI is InChI=1S/C11H14O2/c12-10(13)11-4-7-1-8(5-11)3-9(2-7)6-11/h4,8-9H,1-3,5-6H2,(H,12,13). The van der Waals surface area contributed by atoms with Crippen molar-refractivity contribution in [1.29, 1.82) is 0 Å². The van der Waals surface area contributed by atoms with Gasteiger partial charge in [0.2, 0.25) is 0 Å². The SMILES string of the molecule is O=C(O)C12C=C3CC(CC(C3)C1)C2. The van der Waals surface area contributed by atoms with Crippen molar-refractivity contribution < 1.29 is 9.90 Å². The second-order valence-electron chi connectivity index (χ2n) is 5.05. The molecule has 0 spiro atoms. The lowest BCUT2D eigenvalue weighted by atomic mass is 9.54. The number of carbonyl (C=O) groups is 1. The Morgan fingerprint density at radius 2 is 2.00 bits per heavy atom. The molecule has 2 heteroatoms. The van der Waals surface area contributed by atoms with Gasteiger partial charge in [-0.15, -0.1) is 0 Å². The fraction of sp³-hybridized carbons (Fsp3) is 0.727. The van der Waals surface area contributed by atoms with Crippen molar-refractivity contribution in [2.24, 2.45) is 17.3 Å². The van der Waals surface area contributed by atoms with Gasteiger partial charge in [0.15, 0.2) is 0 Å². The number of hydrogen-bond acceptors (Lipinski definition) is 1. The van der Waals surface area contributed by atoms with E-state index in [1.54, 1.807) is 0 Å². The van der Waals surface area contributed by atoms with Crippen LogP contribution in [-0.4, -0.2) is 11.1 Å². The molecule has 4 aliphatic carbocycles. The van der Waals surface area contributed by atoms with E-state index in [4.69, 9.17) is 0 Å². The summed E-state index contributed by atoms with van der Waals surface area (Å²) in [4.78, 5) is 11.2. The summed E-state index contributed by atoms with van der Waals surface area (Å²) in [5.74, 6) is 0.784. The fourth-order valence-electron chi connectivity index (χ4n) is 3.75. The topological polar surface area (TPSA) is 37.3 Å². The maximum absolute atomic E-state index is 11.2. The second-order valence-corrected chi connectivity index (χ2v) is 5.05. The molecular formula is C11H14O2. The monoisotopic (exact) mass is 178 g/mol. The number of carboxylic acids is 1. The highest BCUT2D eigenvalue weighted by Gasteiger charge is 2.50. The first kappa shape index (κ1) is 7.60. The van der Waals surface area contributed by atoms with Crippen LogP contribution in [0, 0.1) is 17.3 Å². The Hall–Kier alpha value is -0.790. The number of allylic oxidation sites excluding steroid dienone is 1. The normalized spacial score (nSPS) is 46.3. The van der Waals surface area contributed by atoms with Crippen molar-refractivity contribution >= 4 is 5.97 Å². The molecule has 4 aliphatic rings. The minimum Gasteiger partial charge on any atom is -0.481 e. The summed E-state index contributed by atoms with van der Waals surface area (Å²) in [6, 6.07) is 0. The Kier molecular flexibility index (Phi) is 1.27. The Balaban J connectivity index is 2.08. The van der Waals surface area contributed by atoms with Crippen LogP contribution < -0.4 is 0 Å². The molecule has 0 aromatic heterocycles. The number of hydrogen-bond donors (Lipinski definition) is 1. The molecular weight excluding hydrogens is 164 g/mol. The predicted octanol–water partition coefficient (Wildman–Crippen LogP) is 2.21. The van der Waals surface area contributed by atoms with Crippen LogP contribution in [0.25, 0.3) is 0 Å². The van der Waals surface area contributed by atoms with E-state index in [1.807, 2.05) is 0 Å². The molecule has 0 radical (unpaired) electrons. The van der Waals surface area contributed by atoms with Crippen LogP contribution in [0.15, 0.2) is 11.6 Å². The zero-order chi connectivity index (χ0) is 9.05. The molecule has 4 bridgehead atoms. The first-order valence-corrected chi connectivity index (χ1v) is 5.12. The summed E-state index contributed by atoms with van der Waals surface area (Å²) < 4.78 is 0. The van der Waals surface area contributed by atoms with Crippen molar-refractivity contribution in [3.8, 4) is 0 Å².